The number of aromatic nitrogens is 1. The molecule has 2 rings (SSSR count). The summed E-state index contributed by atoms with van der Waals surface area (Å²) in [5.41, 5.74) is 1.07. The molecule has 1 aromatic heterocycles. The minimum Gasteiger partial charge on any atom is -0.345 e. The maximum absolute atomic E-state index is 12.2. The summed E-state index contributed by atoms with van der Waals surface area (Å²) in [4.78, 5) is 16.2. The Balaban J connectivity index is 2.13. The number of halogens is 2. The average Bonchev–Trinajstić information content (AvgIpc) is 2.49. The molecule has 1 heterocycles. The third-order valence-corrected chi connectivity index (χ3v) is 5.03. The number of benzene rings is 1. The quantitative estimate of drug-likeness (QED) is 0.835. The van der Waals surface area contributed by atoms with Gasteiger partial charge in [-0.1, -0.05) is 35.3 Å². The zero-order valence-corrected chi connectivity index (χ0v) is 14.7. The van der Waals surface area contributed by atoms with Gasteiger partial charge in [0.1, 0.15) is 5.15 Å². The van der Waals surface area contributed by atoms with Gasteiger partial charge in [0.05, 0.1) is 21.5 Å². The summed E-state index contributed by atoms with van der Waals surface area (Å²) in [7, 11) is -3.24. The first-order valence-electron chi connectivity index (χ1n) is 6.60. The Morgan fingerprint density at radius 3 is 2.35 bits per heavy atom. The zero-order chi connectivity index (χ0) is 17.2. The largest absolute Gasteiger partial charge is 0.345 e. The van der Waals surface area contributed by atoms with Crippen molar-refractivity contribution in [2.45, 2.75) is 17.9 Å². The average molecular weight is 373 g/mol. The van der Waals surface area contributed by atoms with Gasteiger partial charge in [0.2, 0.25) is 0 Å². The highest BCUT2D eigenvalue weighted by Gasteiger charge is 2.14. The van der Waals surface area contributed by atoms with Gasteiger partial charge in [0.25, 0.3) is 5.91 Å². The number of amides is 1. The Morgan fingerprint density at radius 1 is 1.22 bits per heavy atom. The van der Waals surface area contributed by atoms with Crippen LogP contribution in [0.5, 0.6) is 0 Å². The Bertz CT molecular complexity index is 836. The monoisotopic (exact) mass is 372 g/mol. The maximum atomic E-state index is 12.2. The molecule has 0 spiro atoms. The van der Waals surface area contributed by atoms with E-state index in [9.17, 15) is 13.2 Å². The van der Waals surface area contributed by atoms with Crippen molar-refractivity contribution < 1.29 is 13.2 Å². The number of hydrogen-bond donors (Lipinski definition) is 1. The summed E-state index contributed by atoms with van der Waals surface area (Å²) < 4.78 is 22.9. The first-order valence-corrected chi connectivity index (χ1v) is 9.25. The summed E-state index contributed by atoms with van der Waals surface area (Å²) in [5.74, 6) is -0.351. The first-order chi connectivity index (χ1) is 10.7. The third-order valence-electron chi connectivity index (χ3n) is 3.21. The van der Waals surface area contributed by atoms with Gasteiger partial charge < -0.3 is 5.32 Å². The molecule has 2 aromatic rings. The second kappa shape index (κ2) is 6.86. The molecule has 1 amide bonds. The minimum absolute atomic E-state index is 0.132. The standard InChI is InChI=1S/C15H14Cl2N2O3S/c1-9(10-3-5-12(6-4-10)23(2,21)22)19-15(20)11-7-13(16)14(17)18-8-11/h3-9H,1-2H3,(H,19,20). The topological polar surface area (TPSA) is 76.1 Å². The van der Waals surface area contributed by atoms with Crippen LogP contribution in [0, 0.1) is 0 Å². The summed E-state index contributed by atoms with van der Waals surface area (Å²) in [5, 5.41) is 3.12. The number of hydrogen-bond acceptors (Lipinski definition) is 4. The summed E-state index contributed by atoms with van der Waals surface area (Å²) in [6, 6.07) is 7.46. The van der Waals surface area contributed by atoms with E-state index in [1.54, 1.807) is 19.1 Å². The van der Waals surface area contributed by atoms with Gasteiger partial charge in [-0.3, -0.25) is 4.79 Å². The molecule has 122 valence electrons. The molecule has 0 radical (unpaired) electrons. The van der Waals surface area contributed by atoms with Crippen LogP contribution in [0.4, 0.5) is 0 Å². The Hall–Kier alpha value is -1.63. The summed E-state index contributed by atoms with van der Waals surface area (Å²) >= 11 is 11.6. The van der Waals surface area contributed by atoms with Gasteiger partial charge in [0.15, 0.2) is 9.84 Å². The third kappa shape index (κ3) is 4.43. The minimum atomic E-state index is -3.24. The van der Waals surface area contributed by atoms with Crippen molar-refractivity contribution in [3.8, 4) is 0 Å². The smallest absolute Gasteiger partial charge is 0.253 e. The van der Waals surface area contributed by atoms with Crippen molar-refractivity contribution >= 4 is 38.9 Å². The molecule has 1 aromatic carbocycles. The van der Waals surface area contributed by atoms with Crippen molar-refractivity contribution in [2.75, 3.05) is 6.26 Å². The van der Waals surface area contributed by atoms with Crippen LogP contribution in [0.15, 0.2) is 41.4 Å². The van der Waals surface area contributed by atoms with E-state index in [1.165, 1.54) is 24.4 Å². The fourth-order valence-electron chi connectivity index (χ4n) is 1.91. The Kier molecular flexibility index (Phi) is 5.29. The van der Waals surface area contributed by atoms with Crippen LogP contribution >= 0.6 is 23.2 Å². The molecule has 0 saturated carbocycles. The van der Waals surface area contributed by atoms with Crippen molar-refractivity contribution in [3.05, 3.63) is 57.8 Å². The van der Waals surface area contributed by atoms with E-state index in [4.69, 9.17) is 23.2 Å². The predicted molar refractivity (Wildman–Crippen MR) is 89.7 cm³/mol. The lowest BCUT2D eigenvalue weighted by Crippen LogP contribution is -2.26. The summed E-state index contributed by atoms with van der Waals surface area (Å²) in [6.07, 6.45) is 2.48. The molecule has 0 aliphatic heterocycles. The van der Waals surface area contributed by atoms with Crippen LogP contribution in [0.2, 0.25) is 10.2 Å². The van der Waals surface area contributed by atoms with Crippen LogP contribution in [-0.2, 0) is 9.84 Å². The fraction of sp³-hybridized carbons (Fsp3) is 0.200. The lowest BCUT2D eigenvalue weighted by Gasteiger charge is -2.15. The number of rotatable bonds is 4. The van der Waals surface area contributed by atoms with Gasteiger partial charge in [-0.05, 0) is 30.7 Å². The number of nitrogens with one attached hydrogen (secondary N) is 1. The van der Waals surface area contributed by atoms with E-state index < -0.39 is 9.84 Å². The van der Waals surface area contributed by atoms with E-state index in [0.29, 0.717) is 5.56 Å². The molecule has 0 fully saturated rings. The van der Waals surface area contributed by atoms with Gasteiger partial charge in [-0.25, -0.2) is 13.4 Å². The van der Waals surface area contributed by atoms with Gasteiger partial charge in [-0.2, -0.15) is 0 Å². The molecular weight excluding hydrogens is 359 g/mol. The Morgan fingerprint density at radius 2 is 1.83 bits per heavy atom. The van der Waals surface area contributed by atoms with Gasteiger partial charge in [-0.15, -0.1) is 0 Å². The number of carbonyl (C=O) groups excluding carboxylic acids is 1. The molecule has 1 N–H and O–H groups in total. The zero-order valence-electron chi connectivity index (χ0n) is 12.4. The van der Waals surface area contributed by atoms with E-state index >= 15 is 0 Å². The molecule has 1 atom stereocenters. The normalized spacial score (nSPS) is 12.7. The molecular formula is C15H14Cl2N2O3S. The van der Waals surface area contributed by atoms with Crippen molar-refractivity contribution in [1.29, 1.82) is 0 Å². The molecule has 23 heavy (non-hydrogen) atoms. The molecule has 0 aliphatic carbocycles. The number of sulfone groups is 1. The SMILES string of the molecule is CC(NC(=O)c1cnc(Cl)c(Cl)c1)c1ccc(S(C)(=O)=O)cc1. The van der Waals surface area contributed by atoms with Crippen molar-refractivity contribution in [1.82, 2.24) is 10.3 Å². The fourth-order valence-corrected chi connectivity index (χ4v) is 2.81. The van der Waals surface area contributed by atoms with Crippen LogP contribution in [0.1, 0.15) is 28.9 Å². The molecule has 0 aliphatic rings. The van der Waals surface area contributed by atoms with Crippen LogP contribution < -0.4 is 5.32 Å². The van der Waals surface area contributed by atoms with Crippen molar-refractivity contribution in [2.24, 2.45) is 0 Å². The highest BCUT2D eigenvalue weighted by atomic mass is 35.5. The highest BCUT2D eigenvalue weighted by molar-refractivity contribution is 7.90. The molecule has 0 saturated heterocycles. The number of carbonyl (C=O) groups is 1. The van der Waals surface area contributed by atoms with E-state index in [1.807, 2.05) is 0 Å². The van der Waals surface area contributed by atoms with Crippen molar-refractivity contribution in [3.63, 3.8) is 0 Å². The Labute approximate surface area is 144 Å². The van der Waals surface area contributed by atoms with Crippen LogP contribution in [-0.4, -0.2) is 25.6 Å². The molecule has 1 unspecified atom stereocenters. The first kappa shape index (κ1) is 17.7. The van der Waals surface area contributed by atoms with E-state index in [0.717, 1.165) is 11.8 Å². The molecule has 0 bridgehead atoms. The highest BCUT2D eigenvalue weighted by Crippen LogP contribution is 2.21. The van der Waals surface area contributed by atoms with Gasteiger partial charge in [0, 0.05) is 12.5 Å². The van der Waals surface area contributed by atoms with E-state index in [2.05, 4.69) is 10.3 Å². The second-order valence-electron chi connectivity index (χ2n) is 5.03. The van der Waals surface area contributed by atoms with Crippen LogP contribution in [0.3, 0.4) is 0 Å². The lowest BCUT2D eigenvalue weighted by molar-refractivity contribution is 0.0939. The van der Waals surface area contributed by atoms with Crippen LogP contribution in [0.25, 0.3) is 0 Å². The molecule has 5 nitrogen and oxygen atoms in total. The maximum Gasteiger partial charge on any atom is 0.253 e. The number of pyridine rings is 1. The predicted octanol–water partition coefficient (Wildman–Crippen LogP) is 3.28. The molecule has 8 heteroatoms. The second-order valence-corrected chi connectivity index (χ2v) is 7.81. The van der Waals surface area contributed by atoms with Gasteiger partial charge >= 0.3 is 0 Å². The number of nitrogens with zero attached hydrogens (tertiary/aromatic N) is 1. The summed E-state index contributed by atoms with van der Waals surface area (Å²) in [6.45, 7) is 1.79. The lowest BCUT2D eigenvalue weighted by atomic mass is 10.1. The van der Waals surface area contributed by atoms with E-state index in [-0.39, 0.29) is 27.0 Å².